The number of halogens is 3. The minimum absolute atomic E-state index is 0.254. The normalized spacial score (nSPS) is 17.6. The minimum atomic E-state index is -4.42. The third-order valence-corrected chi connectivity index (χ3v) is 6.76. The van der Waals surface area contributed by atoms with E-state index in [9.17, 15) is 13.2 Å². The van der Waals surface area contributed by atoms with Gasteiger partial charge in [-0.05, 0) is 73.2 Å². The summed E-state index contributed by atoms with van der Waals surface area (Å²) in [5, 5.41) is 7.43. The molecular formula is C28H26F3N5S. The number of hydrogen-bond donors (Lipinski definition) is 2. The van der Waals surface area contributed by atoms with E-state index in [4.69, 9.17) is 12.2 Å². The fraction of sp³-hybridized carbons (Fsp3) is 0.214. The van der Waals surface area contributed by atoms with E-state index < -0.39 is 11.7 Å². The van der Waals surface area contributed by atoms with E-state index in [0.717, 1.165) is 36.1 Å². The molecule has 0 spiro atoms. The Hall–Kier alpha value is -3.85. The number of thiocarbonyl (C=S) groups is 1. The summed E-state index contributed by atoms with van der Waals surface area (Å²) >= 11 is 5.75. The van der Waals surface area contributed by atoms with E-state index >= 15 is 0 Å². The Labute approximate surface area is 219 Å². The number of alkyl halides is 3. The summed E-state index contributed by atoms with van der Waals surface area (Å²) in [6.45, 7) is 1.41. The van der Waals surface area contributed by atoms with Gasteiger partial charge in [0.05, 0.1) is 23.3 Å². The first-order chi connectivity index (χ1) is 17.9. The van der Waals surface area contributed by atoms with Crippen LogP contribution in [0.3, 0.4) is 0 Å². The van der Waals surface area contributed by atoms with Crippen molar-refractivity contribution in [2.24, 2.45) is 0 Å². The van der Waals surface area contributed by atoms with Crippen LogP contribution in [0, 0.1) is 0 Å². The molecule has 190 valence electrons. The summed E-state index contributed by atoms with van der Waals surface area (Å²) in [7, 11) is 0. The van der Waals surface area contributed by atoms with Crippen LogP contribution in [0.4, 0.5) is 18.9 Å². The average molecular weight is 522 g/mol. The van der Waals surface area contributed by atoms with E-state index in [-0.39, 0.29) is 12.1 Å². The predicted molar refractivity (Wildman–Crippen MR) is 142 cm³/mol. The molecule has 5 nitrogen and oxygen atoms in total. The molecule has 0 bridgehead atoms. The molecule has 5 rings (SSSR count). The Bertz CT molecular complexity index is 1340. The van der Waals surface area contributed by atoms with Crippen molar-refractivity contribution in [2.45, 2.75) is 24.7 Å². The van der Waals surface area contributed by atoms with Crippen LogP contribution in [0.5, 0.6) is 0 Å². The summed E-state index contributed by atoms with van der Waals surface area (Å²) in [6, 6.07) is 24.3. The number of benzene rings is 2. The predicted octanol–water partition coefficient (Wildman–Crippen LogP) is 6.37. The molecule has 37 heavy (non-hydrogen) atoms. The van der Waals surface area contributed by atoms with Gasteiger partial charge in [-0.25, -0.2) is 0 Å². The molecule has 0 unspecified atom stereocenters. The highest BCUT2D eigenvalue weighted by atomic mass is 32.1. The zero-order chi connectivity index (χ0) is 25.8. The van der Waals surface area contributed by atoms with Crippen LogP contribution in [-0.4, -0.2) is 32.7 Å². The number of pyridine rings is 1. The first-order valence-corrected chi connectivity index (χ1v) is 12.4. The Balaban J connectivity index is 1.45. The lowest BCUT2D eigenvalue weighted by Crippen LogP contribution is -2.32. The number of nitrogens with zero attached hydrogens (tertiary/aromatic N) is 3. The molecule has 2 aromatic heterocycles. The summed E-state index contributed by atoms with van der Waals surface area (Å²) in [6.07, 6.45) is -0.0905. The third-order valence-electron chi connectivity index (χ3n) is 6.41. The molecule has 9 heteroatoms. The average Bonchev–Trinajstić information content (AvgIpc) is 3.52. The van der Waals surface area contributed by atoms with Crippen molar-refractivity contribution in [1.82, 2.24) is 19.8 Å². The van der Waals surface area contributed by atoms with Gasteiger partial charge < -0.3 is 20.1 Å². The molecule has 1 fully saturated rings. The molecule has 0 aliphatic carbocycles. The second-order valence-electron chi connectivity index (χ2n) is 8.82. The molecule has 2 atom stereocenters. The van der Waals surface area contributed by atoms with Gasteiger partial charge in [0.25, 0.3) is 0 Å². The van der Waals surface area contributed by atoms with Gasteiger partial charge in [0.2, 0.25) is 0 Å². The second-order valence-corrected chi connectivity index (χ2v) is 9.20. The summed E-state index contributed by atoms with van der Waals surface area (Å²) in [5.41, 5.74) is 2.45. The van der Waals surface area contributed by atoms with Gasteiger partial charge in [-0.1, -0.05) is 30.3 Å². The summed E-state index contributed by atoms with van der Waals surface area (Å²) < 4.78 is 42.1. The highest BCUT2D eigenvalue weighted by Gasteiger charge is 2.41. The zero-order valence-corrected chi connectivity index (χ0v) is 20.7. The third kappa shape index (κ3) is 5.46. The van der Waals surface area contributed by atoms with Crippen molar-refractivity contribution in [3.05, 3.63) is 114 Å². The Morgan fingerprint density at radius 2 is 1.76 bits per heavy atom. The van der Waals surface area contributed by atoms with Gasteiger partial charge in [-0.3, -0.25) is 4.98 Å². The largest absolute Gasteiger partial charge is 0.416 e. The first kappa shape index (κ1) is 24.8. The number of aromatic nitrogens is 2. The number of nitrogens with one attached hydrogen (secondary N) is 2. The summed E-state index contributed by atoms with van der Waals surface area (Å²) in [4.78, 5) is 6.67. The molecule has 1 aliphatic heterocycles. The maximum absolute atomic E-state index is 13.4. The van der Waals surface area contributed by atoms with Crippen molar-refractivity contribution in [2.75, 3.05) is 18.4 Å². The van der Waals surface area contributed by atoms with Gasteiger partial charge in [-0.2, -0.15) is 13.2 Å². The second kappa shape index (κ2) is 10.6. The van der Waals surface area contributed by atoms with Crippen molar-refractivity contribution < 1.29 is 13.2 Å². The van der Waals surface area contributed by atoms with Gasteiger partial charge in [0.1, 0.15) is 0 Å². The maximum atomic E-state index is 13.4. The van der Waals surface area contributed by atoms with Gasteiger partial charge in [0, 0.05) is 42.6 Å². The standard InChI is InChI=1S/C28H26F3N5S/c29-28(30,31)20-9-6-12-22(19-20)35-17-7-14-24(35)26-25(23-13-4-5-15-33-23)34-27(37)36(26)18-8-16-32-21-10-2-1-3-11-21/h1-7,9-15,17,19,25-26,32H,8,16,18H2,(H,34,37)/t25-,26-/m1/s1. The Morgan fingerprint density at radius 3 is 2.51 bits per heavy atom. The van der Waals surface area contributed by atoms with E-state index in [2.05, 4.69) is 20.5 Å². The molecule has 0 saturated carbocycles. The van der Waals surface area contributed by atoms with Crippen LogP contribution in [0.1, 0.15) is 35.5 Å². The number of hydrogen-bond acceptors (Lipinski definition) is 3. The highest BCUT2D eigenvalue weighted by molar-refractivity contribution is 7.80. The van der Waals surface area contributed by atoms with Crippen LogP contribution in [0.15, 0.2) is 97.3 Å². The molecule has 2 aromatic carbocycles. The maximum Gasteiger partial charge on any atom is 0.416 e. The Kier molecular flexibility index (Phi) is 7.14. The van der Waals surface area contributed by atoms with E-state index in [1.165, 1.54) is 12.1 Å². The van der Waals surface area contributed by atoms with Gasteiger partial charge in [0.15, 0.2) is 5.11 Å². The first-order valence-electron chi connectivity index (χ1n) is 12.0. The van der Waals surface area contributed by atoms with Crippen molar-refractivity contribution in [3.63, 3.8) is 0 Å². The lowest BCUT2D eigenvalue weighted by atomic mass is 10.0. The lowest BCUT2D eigenvalue weighted by Gasteiger charge is -2.29. The molecule has 4 aromatic rings. The fourth-order valence-corrected chi connectivity index (χ4v) is 5.04. The molecule has 0 radical (unpaired) electrons. The molecule has 3 heterocycles. The van der Waals surface area contributed by atoms with Crippen LogP contribution in [0.2, 0.25) is 0 Å². The summed E-state index contributed by atoms with van der Waals surface area (Å²) in [5.74, 6) is 0. The highest BCUT2D eigenvalue weighted by Crippen LogP contribution is 2.40. The smallest absolute Gasteiger partial charge is 0.385 e. The van der Waals surface area contributed by atoms with E-state index in [0.29, 0.717) is 17.3 Å². The molecule has 2 N–H and O–H groups in total. The zero-order valence-electron chi connectivity index (χ0n) is 19.9. The van der Waals surface area contributed by atoms with E-state index in [1.54, 1.807) is 23.0 Å². The van der Waals surface area contributed by atoms with E-state index in [1.807, 2.05) is 60.7 Å². The van der Waals surface area contributed by atoms with Crippen LogP contribution < -0.4 is 10.6 Å². The molecule has 0 amide bonds. The lowest BCUT2D eigenvalue weighted by molar-refractivity contribution is -0.137. The minimum Gasteiger partial charge on any atom is -0.385 e. The monoisotopic (exact) mass is 521 g/mol. The van der Waals surface area contributed by atoms with Crippen LogP contribution in [0.25, 0.3) is 5.69 Å². The SMILES string of the molecule is FC(F)(F)c1cccc(-n2cccc2[C@@H]2[C@@H](c3ccccn3)NC(=S)N2CCCNc2ccccc2)c1. The topological polar surface area (TPSA) is 45.1 Å². The van der Waals surface area contributed by atoms with Crippen LogP contribution in [-0.2, 0) is 6.18 Å². The quantitative estimate of drug-likeness (QED) is 0.209. The van der Waals surface area contributed by atoms with Crippen molar-refractivity contribution >= 4 is 23.0 Å². The van der Waals surface area contributed by atoms with Crippen molar-refractivity contribution in [3.8, 4) is 5.69 Å². The number of rotatable bonds is 8. The van der Waals surface area contributed by atoms with Gasteiger partial charge in [-0.15, -0.1) is 0 Å². The fourth-order valence-electron chi connectivity index (χ4n) is 4.71. The Morgan fingerprint density at radius 1 is 0.946 bits per heavy atom. The molecule has 1 saturated heterocycles. The number of anilines is 1. The van der Waals surface area contributed by atoms with Crippen LogP contribution >= 0.6 is 12.2 Å². The molecule has 1 aliphatic rings. The molecular weight excluding hydrogens is 495 g/mol. The van der Waals surface area contributed by atoms with Crippen molar-refractivity contribution in [1.29, 1.82) is 0 Å². The van der Waals surface area contributed by atoms with Gasteiger partial charge >= 0.3 is 6.18 Å². The number of para-hydroxylation sites is 1.